The minimum absolute atomic E-state index is 0.347. The quantitative estimate of drug-likeness (QED) is 0.0804. The van der Waals surface area contributed by atoms with Crippen molar-refractivity contribution in [2.24, 2.45) is 0 Å². The molecule has 1 aliphatic rings. The lowest BCUT2D eigenvalue weighted by Gasteiger charge is -2.35. The SMILES string of the molecule is Brc1cccc([Si](c2ccccc2)(c2ccccc2)c2cccc(-c3cccc4c3oc3ccccc34)c2)c1.CC1(C)OB(c2cccc(-n3c4ccccc4c4ccccc43)c2)OC1(C)C.c1ccc([Si](c2ccccc2)(c2cccc(-c3cccc(-n4c5ccccc5c5ccccc54)c3)c2)c2cccc(-c3cccc4c3oc3ccccc34)c2)cc1. The Morgan fingerprint density at radius 2 is 0.532 bits per heavy atom. The molecule has 594 valence electrons. The number of rotatable bonds is 14. The van der Waals surface area contributed by atoms with Crippen molar-refractivity contribution < 1.29 is 18.1 Å². The van der Waals surface area contributed by atoms with Crippen LogP contribution in [0.4, 0.5) is 0 Å². The molecule has 0 N–H and O–H groups in total. The summed E-state index contributed by atoms with van der Waals surface area (Å²) < 4.78 is 31.4. The van der Waals surface area contributed by atoms with Crippen LogP contribution in [0.5, 0.6) is 0 Å². The van der Waals surface area contributed by atoms with Crippen LogP contribution in [-0.4, -0.2) is 43.6 Å². The predicted molar refractivity (Wildman–Crippen MR) is 530 cm³/mol. The Morgan fingerprint density at radius 3 is 0.935 bits per heavy atom. The van der Waals surface area contributed by atoms with Gasteiger partial charge < -0.3 is 27.3 Å². The van der Waals surface area contributed by atoms with Gasteiger partial charge in [0, 0.05) is 70.1 Å². The Hall–Kier alpha value is -13.9. The van der Waals surface area contributed by atoms with Crippen molar-refractivity contribution in [3.05, 3.63) is 453 Å². The number of fused-ring (bicyclic) bond motifs is 12. The Kier molecular flexibility index (Phi) is 20.1. The van der Waals surface area contributed by atoms with Crippen molar-refractivity contribution in [2.75, 3.05) is 0 Å². The first-order chi connectivity index (χ1) is 60.9. The zero-order chi connectivity index (χ0) is 83.5. The normalized spacial score (nSPS) is 13.2. The summed E-state index contributed by atoms with van der Waals surface area (Å²) in [7, 11) is -5.92. The molecule has 22 aromatic rings. The number of halogens is 1. The molecular weight excluding hydrogens is 1610 g/mol. The van der Waals surface area contributed by atoms with Crippen LogP contribution in [0.15, 0.2) is 462 Å². The van der Waals surface area contributed by atoms with Gasteiger partial charge in [-0.1, -0.05) is 392 Å². The van der Waals surface area contributed by atoms with Gasteiger partial charge in [0.05, 0.1) is 33.3 Å². The first-order valence-corrected chi connectivity index (χ1v) is 47.3. The van der Waals surface area contributed by atoms with Crippen LogP contribution in [0.1, 0.15) is 27.7 Å². The van der Waals surface area contributed by atoms with E-state index in [0.717, 1.165) is 87.4 Å². The molecule has 6 nitrogen and oxygen atoms in total. The second kappa shape index (κ2) is 32.1. The second-order valence-corrected chi connectivity index (χ2v) is 41.8. The summed E-state index contributed by atoms with van der Waals surface area (Å²) in [5.74, 6) is 0. The minimum Gasteiger partial charge on any atom is -0.455 e. The topological polar surface area (TPSA) is 54.6 Å². The van der Waals surface area contributed by atoms with E-state index in [2.05, 4.69) is 483 Å². The fraction of sp³-hybridized carbons (Fsp3) is 0.0526. The molecule has 10 heteroatoms. The van der Waals surface area contributed by atoms with Crippen LogP contribution in [0, 0.1) is 0 Å². The number of hydrogen-bond acceptors (Lipinski definition) is 4. The van der Waals surface area contributed by atoms with E-state index >= 15 is 0 Å². The molecular formula is C114H86BBrN2O4Si2. The van der Waals surface area contributed by atoms with Crippen LogP contribution in [0.3, 0.4) is 0 Å². The standard InChI is InChI=1S/C54H37NOSi.C36H25BrOSi.C24H24BNO2/c1-3-21-42(22-4-1)57(43-23-5-2-6-24-43,45-26-15-19-40(37-45)46-30-16-31-50-49-29-9-12-34-53(49)56-54(46)50)44-25-14-18-39(36-44)38-17-13-20-41(35-38)55-51-32-10-7-27-47(51)48-28-8-11-33-52(48)55;37-27-13-10-19-31(25-27)39(28-14-3-1-4-15-28,29-16-5-2-6-17-29)30-18-9-12-26(24-30)32-21-11-22-34-33-20-7-8-23-35(33)38-36(32)34;1-23(2)24(3,4)28-25(27-23)17-10-9-11-18(16-17)26-21-14-7-5-12-19(21)20-13-6-8-15-22(20)26/h1-37H;1-25H;5-16H,1-4H3. The maximum atomic E-state index is 6.58. The van der Waals surface area contributed by atoms with E-state index in [1.54, 1.807) is 0 Å². The molecule has 124 heavy (non-hydrogen) atoms. The molecule has 5 heterocycles. The third-order valence-electron chi connectivity index (χ3n) is 25.7. The highest BCUT2D eigenvalue weighted by molar-refractivity contribution is 9.10. The van der Waals surface area contributed by atoms with E-state index in [1.807, 2.05) is 18.2 Å². The molecule has 0 radical (unpaired) electrons. The largest absolute Gasteiger partial charge is 0.494 e. The van der Waals surface area contributed by atoms with E-state index in [1.165, 1.54) is 96.2 Å². The third kappa shape index (κ3) is 13.5. The molecule has 0 bridgehead atoms. The van der Waals surface area contributed by atoms with E-state index < -0.39 is 16.1 Å². The summed E-state index contributed by atoms with van der Waals surface area (Å²) in [6.45, 7) is 8.35. The van der Waals surface area contributed by atoms with Gasteiger partial charge in [-0.15, -0.1) is 0 Å². The third-order valence-corrected chi connectivity index (χ3v) is 35.7. The monoisotopic (exact) mass is 1690 g/mol. The van der Waals surface area contributed by atoms with E-state index in [0.29, 0.717) is 0 Å². The van der Waals surface area contributed by atoms with E-state index in [-0.39, 0.29) is 18.3 Å². The van der Waals surface area contributed by atoms with Crippen molar-refractivity contribution in [2.45, 2.75) is 38.9 Å². The summed E-state index contributed by atoms with van der Waals surface area (Å²) >= 11 is 3.78. The molecule has 18 aromatic carbocycles. The Labute approximate surface area is 732 Å². The number of furan rings is 2. The van der Waals surface area contributed by atoms with E-state index in [9.17, 15) is 0 Å². The molecule has 1 fully saturated rings. The number of benzene rings is 18. The highest BCUT2D eigenvalue weighted by atomic mass is 79.9. The molecule has 1 saturated heterocycles. The Morgan fingerprint density at radius 1 is 0.242 bits per heavy atom. The summed E-state index contributed by atoms with van der Waals surface area (Å²) in [4.78, 5) is 0. The van der Waals surface area contributed by atoms with Crippen LogP contribution in [0.2, 0.25) is 0 Å². The lowest BCUT2D eigenvalue weighted by molar-refractivity contribution is 0.00578. The van der Waals surface area contributed by atoms with Gasteiger partial charge in [-0.25, -0.2) is 0 Å². The van der Waals surface area contributed by atoms with Crippen LogP contribution in [0.25, 0.3) is 132 Å². The number of nitrogens with zero attached hydrogens (tertiary/aromatic N) is 2. The first kappa shape index (κ1) is 77.4. The summed E-state index contributed by atoms with van der Waals surface area (Å²) in [5.41, 5.74) is 18.0. The molecule has 4 aromatic heterocycles. The minimum atomic E-state index is -2.90. The van der Waals surface area contributed by atoms with Crippen molar-refractivity contribution in [3.8, 4) is 44.8 Å². The Balaban J connectivity index is 0.000000122. The smallest absolute Gasteiger partial charge is 0.455 e. The van der Waals surface area contributed by atoms with E-state index in [4.69, 9.17) is 18.1 Å². The molecule has 0 saturated carbocycles. The molecule has 1 aliphatic heterocycles. The molecule has 0 unspecified atom stereocenters. The molecule has 23 rings (SSSR count). The van der Waals surface area contributed by atoms with Gasteiger partial charge in [0.25, 0.3) is 0 Å². The maximum absolute atomic E-state index is 6.58. The number of para-hydroxylation sites is 8. The van der Waals surface area contributed by atoms with Crippen molar-refractivity contribution in [1.82, 2.24) is 9.13 Å². The van der Waals surface area contributed by atoms with Gasteiger partial charge in [0.2, 0.25) is 0 Å². The highest BCUT2D eigenvalue weighted by Crippen LogP contribution is 2.41. The van der Waals surface area contributed by atoms with Crippen LogP contribution in [-0.2, 0) is 9.31 Å². The number of hydrogen-bond donors (Lipinski definition) is 0. The first-order valence-electron chi connectivity index (χ1n) is 42.5. The highest BCUT2D eigenvalue weighted by Gasteiger charge is 2.52. The van der Waals surface area contributed by atoms with Gasteiger partial charge >= 0.3 is 7.12 Å². The van der Waals surface area contributed by atoms with Crippen LogP contribution >= 0.6 is 15.9 Å². The van der Waals surface area contributed by atoms with Crippen molar-refractivity contribution in [1.29, 1.82) is 0 Å². The number of aromatic nitrogens is 2. The molecule has 0 aliphatic carbocycles. The van der Waals surface area contributed by atoms with Gasteiger partial charge in [-0.3, -0.25) is 0 Å². The second-order valence-electron chi connectivity index (χ2n) is 33.3. The molecule has 0 atom stereocenters. The van der Waals surface area contributed by atoms with Gasteiger partial charge in [0.1, 0.15) is 22.3 Å². The average Bonchev–Trinajstić information content (AvgIpc) is 1.01. The fourth-order valence-corrected chi connectivity index (χ4v) is 29.5. The summed E-state index contributed by atoms with van der Waals surface area (Å²) in [6.07, 6.45) is 0. The van der Waals surface area contributed by atoms with Gasteiger partial charge in [-0.05, 0) is 170 Å². The summed E-state index contributed by atoms with van der Waals surface area (Å²) in [5, 5.41) is 20.4. The maximum Gasteiger partial charge on any atom is 0.494 e. The fourth-order valence-electron chi connectivity index (χ4n) is 19.2. The lowest BCUT2D eigenvalue weighted by atomic mass is 9.79. The van der Waals surface area contributed by atoms with Crippen LogP contribution < -0.4 is 47.0 Å². The molecule has 0 spiro atoms. The molecule has 0 amide bonds. The predicted octanol–water partition coefficient (Wildman–Crippen LogP) is 23.9. The van der Waals surface area contributed by atoms with Crippen molar-refractivity contribution >= 4 is 174 Å². The van der Waals surface area contributed by atoms with Gasteiger partial charge in [0.15, 0.2) is 16.1 Å². The Bertz CT molecular complexity index is 7550. The van der Waals surface area contributed by atoms with Crippen molar-refractivity contribution in [3.63, 3.8) is 0 Å². The average molecular weight is 1690 g/mol. The van der Waals surface area contributed by atoms with Gasteiger partial charge in [-0.2, -0.15) is 0 Å². The summed E-state index contributed by atoms with van der Waals surface area (Å²) in [6, 6.07) is 163. The zero-order valence-corrected chi connectivity index (χ0v) is 72.8. The zero-order valence-electron chi connectivity index (χ0n) is 69.2. The lowest BCUT2D eigenvalue weighted by Crippen LogP contribution is -2.74.